The average Bonchev–Trinajstić information content (AvgIpc) is 3.25. The van der Waals surface area contributed by atoms with Crippen LogP contribution in [0.3, 0.4) is 0 Å². The van der Waals surface area contributed by atoms with Gasteiger partial charge in [-0.05, 0) is 29.7 Å². The second-order valence-electron chi connectivity index (χ2n) is 5.84. The van der Waals surface area contributed by atoms with Crippen LogP contribution in [0.1, 0.15) is 10.8 Å². The molecule has 6 nitrogen and oxygen atoms in total. The Morgan fingerprint density at radius 2 is 1.96 bits per heavy atom. The number of H-pyrrole nitrogens is 1. The number of benzene rings is 1. The summed E-state index contributed by atoms with van der Waals surface area (Å²) in [5.41, 5.74) is 1.40. The monoisotopic (exact) mass is 386 g/mol. The average molecular weight is 386 g/mol. The molecule has 0 saturated carbocycles. The third-order valence-corrected chi connectivity index (χ3v) is 6.34. The topological polar surface area (TPSA) is 93.0 Å². The van der Waals surface area contributed by atoms with Gasteiger partial charge in [-0.15, -0.1) is 11.3 Å². The Kier molecular flexibility index (Phi) is 4.21. The fourth-order valence-electron chi connectivity index (χ4n) is 2.69. The standard InChI is InChI=1S/C18H14N2O4S2/c21-18-14(8-12-4-1-2-6-15(12)20-18)16-9-25-17(19-16)11-26(22,23)10-13-5-3-7-24-13/h1-9H,10-11H2,(H,20,21). The summed E-state index contributed by atoms with van der Waals surface area (Å²) < 4.78 is 29.7. The fourth-order valence-corrected chi connectivity index (χ4v) is 5.22. The first-order chi connectivity index (χ1) is 12.5. The minimum absolute atomic E-state index is 0.175. The molecule has 26 heavy (non-hydrogen) atoms. The molecule has 0 aliphatic rings. The zero-order valence-electron chi connectivity index (χ0n) is 13.5. The van der Waals surface area contributed by atoms with E-state index in [9.17, 15) is 13.2 Å². The Labute approximate surface area is 153 Å². The number of pyridine rings is 1. The maximum Gasteiger partial charge on any atom is 0.257 e. The number of nitrogens with one attached hydrogen (secondary N) is 1. The second kappa shape index (κ2) is 6.54. The first-order valence-electron chi connectivity index (χ1n) is 7.80. The number of rotatable bonds is 5. The molecule has 0 amide bonds. The Morgan fingerprint density at radius 3 is 2.77 bits per heavy atom. The van der Waals surface area contributed by atoms with Gasteiger partial charge in [0.25, 0.3) is 5.56 Å². The van der Waals surface area contributed by atoms with Crippen LogP contribution in [-0.4, -0.2) is 18.4 Å². The number of hydrogen-bond acceptors (Lipinski definition) is 6. The van der Waals surface area contributed by atoms with Crippen LogP contribution in [0, 0.1) is 0 Å². The van der Waals surface area contributed by atoms with Gasteiger partial charge in [0.1, 0.15) is 22.3 Å². The van der Waals surface area contributed by atoms with E-state index in [4.69, 9.17) is 4.42 Å². The van der Waals surface area contributed by atoms with Crippen molar-refractivity contribution >= 4 is 32.1 Å². The molecule has 0 spiro atoms. The summed E-state index contributed by atoms with van der Waals surface area (Å²) in [5, 5.41) is 3.04. The molecule has 4 rings (SSSR count). The van der Waals surface area contributed by atoms with E-state index >= 15 is 0 Å². The number of hydrogen-bond donors (Lipinski definition) is 1. The maximum atomic E-state index is 12.3. The van der Waals surface area contributed by atoms with E-state index < -0.39 is 9.84 Å². The predicted octanol–water partition coefficient (Wildman–Crippen LogP) is 3.36. The summed E-state index contributed by atoms with van der Waals surface area (Å²) in [5.74, 6) is 0.0303. The van der Waals surface area contributed by atoms with Crippen molar-refractivity contribution < 1.29 is 12.8 Å². The normalized spacial score (nSPS) is 11.8. The summed E-state index contributed by atoms with van der Waals surface area (Å²) in [7, 11) is -3.40. The van der Waals surface area contributed by atoms with Gasteiger partial charge in [-0.1, -0.05) is 18.2 Å². The minimum Gasteiger partial charge on any atom is -0.468 e. The Morgan fingerprint density at radius 1 is 1.12 bits per heavy atom. The molecule has 3 aromatic heterocycles. The molecule has 0 bridgehead atoms. The Balaban J connectivity index is 1.62. The van der Waals surface area contributed by atoms with E-state index in [0.29, 0.717) is 22.0 Å². The van der Waals surface area contributed by atoms with Crippen molar-refractivity contribution in [1.29, 1.82) is 0 Å². The van der Waals surface area contributed by atoms with Crippen molar-refractivity contribution in [2.45, 2.75) is 11.5 Å². The van der Waals surface area contributed by atoms with Crippen LogP contribution >= 0.6 is 11.3 Å². The molecular weight excluding hydrogens is 372 g/mol. The number of aromatic nitrogens is 2. The lowest BCUT2D eigenvalue weighted by Crippen LogP contribution is -2.09. The minimum atomic E-state index is -3.40. The first kappa shape index (κ1) is 16.7. The fraction of sp³-hybridized carbons (Fsp3) is 0.111. The smallest absolute Gasteiger partial charge is 0.257 e. The third-order valence-electron chi connectivity index (χ3n) is 3.87. The van der Waals surface area contributed by atoms with Gasteiger partial charge in [0, 0.05) is 10.9 Å². The highest BCUT2D eigenvalue weighted by molar-refractivity contribution is 7.89. The van der Waals surface area contributed by atoms with Gasteiger partial charge >= 0.3 is 0 Å². The number of furan rings is 1. The van der Waals surface area contributed by atoms with E-state index in [2.05, 4.69) is 9.97 Å². The van der Waals surface area contributed by atoms with Gasteiger partial charge in [-0.2, -0.15) is 0 Å². The maximum absolute atomic E-state index is 12.3. The van der Waals surface area contributed by atoms with Crippen molar-refractivity contribution in [3.8, 4) is 11.3 Å². The lowest BCUT2D eigenvalue weighted by molar-refractivity contribution is 0.520. The third kappa shape index (κ3) is 3.47. The van der Waals surface area contributed by atoms with Crippen LogP contribution in [0.4, 0.5) is 0 Å². The van der Waals surface area contributed by atoms with E-state index in [0.717, 1.165) is 10.9 Å². The zero-order valence-corrected chi connectivity index (χ0v) is 15.1. The number of fused-ring (bicyclic) bond motifs is 1. The summed E-state index contributed by atoms with van der Waals surface area (Å²) in [4.78, 5) is 19.5. The number of nitrogens with zero attached hydrogens (tertiary/aromatic N) is 1. The predicted molar refractivity (Wildman–Crippen MR) is 101 cm³/mol. The molecule has 1 aromatic carbocycles. The van der Waals surface area contributed by atoms with Crippen LogP contribution < -0.4 is 5.56 Å². The van der Waals surface area contributed by atoms with Crippen molar-refractivity contribution in [3.63, 3.8) is 0 Å². The molecule has 0 atom stereocenters. The Hall–Kier alpha value is -2.71. The number of thiazole rings is 1. The van der Waals surface area contributed by atoms with E-state index in [1.807, 2.05) is 24.3 Å². The molecule has 132 valence electrons. The number of sulfone groups is 1. The molecule has 3 heterocycles. The van der Waals surface area contributed by atoms with E-state index in [1.54, 1.807) is 23.6 Å². The molecule has 1 N–H and O–H groups in total. The summed E-state index contributed by atoms with van der Waals surface area (Å²) in [6, 6.07) is 12.5. The molecule has 0 saturated heterocycles. The molecule has 0 fully saturated rings. The molecular formula is C18H14N2O4S2. The highest BCUT2D eigenvalue weighted by atomic mass is 32.2. The van der Waals surface area contributed by atoms with Crippen LogP contribution in [0.5, 0.6) is 0 Å². The summed E-state index contributed by atoms with van der Waals surface area (Å²) in [6.45, 7) is 0. The lowest BCUT2D eigenvalue weighted by atomic mass is 10.1. The van der Waals surface area contributed by atoms with Gasteiger partial charge in [0.05, 0.1) is 17.5 Å². The largest absolute Gasteiger partial charge is 0.468 e. The van der Waals surface area contributed by atoms with Crippen molar-refractivity contribution in [2.24, 2.45) is 0 Å². The van der Waals surface area contributed by atoms with Crippen molar-refractivity contribution in [3.05, 3.63) is 75.2 Å². The summed E-state index contributed by atoms with van der Waals surface area (Å²) >= 11 is 1.22. The zero-order chi connectivity index (χ0) is 18.1. The van der Waals surface area contributed by atoms with Crippen LogP contribution in [-0.2, 0) is 21.3 Å². The molecule has 0 aliphatic heterocycles. The Bertz CT molecular complexity index is 1220. The first-order valence-corrected chi connectivity index (χ1v) is 10.5. The quantitative estimate of drug-likeness (QED) is 0.568. The van der Waals surface area contributed by atoms with Gasteiger partial charge in [-0.3, -0.25) is 4.79 Å². The van der Waals surface area contributed by atoms with Crippen LogP contribution in [0.25, 0.3) is 22.2 Å². The van der Waals surface area contributed by atoms with Crippen LogP contribution in [0.2, 0.25) is 0 Å². The highest BCUT2D eigenvalue weighted by Crippen LogP contribution is 2.23. The molecule has 4 aromatic rings. The van der Waals surface area contributed by atoms with Crippen LogP contribution in [0.15, 0.2) is 63.3 Å². The van der Waals surface area contributed by atoms with Gasteiger partial charge in [0.15, 0.2) is 9.84 Å². The van der Waals surface area contributed by atoms with Gasteiger partial charge in [-0.25, -0.2) is 13.4 Å². The van der Waals surface area contributed by atoms with E-state index in [-0.39, 0.29) is 17.1 Å². The highest BCUT2D eigenvalue weighted by Gasteiger charge is 2.18. The summed E-state index contributed by atoms with van der Waals surface area (Å²) in [6.07, 6.45) is 1.44. The van der Waals surface area contributed by atoms with Crippen molar-refractivity contribution in [1.82, 2.24) is 9.97 Å². The number of para-hydroxylation sites is 1. The van der Waals surface area contributed by atoms with Gasteiger partial charge in [0.2, 0.25) is 0 Å². The number of aromatic amines is 1. The van der Waals surface area contributed by atoms with Gasteiger partial charge < -0.3 is 9.40 Å². The van der Waals surface area contributed by atoms with Crippen molar-refractivity contribution in [2.75, 3.05) is 0 Å². The molecule has 0 aliphatic carbocycles. The SMILES string of the molecule is O=c1[nH]c2ccccc2cc1-c1csc(CS(=O)(=O)Cc2ccco2)n1. The molecule has 8 heteroatoms. The second-order valence-corrected chi connectivity index (χ2v) is 8.84. The lowest BCUT2D eigenvalue weighted by Gasteiger charge is -2.01. The molecule has 0 radical (unpaired) electrons. The van der Waals surface area contributed by atoms with E-state index in [1.165, 1.54) is 17.6 Å². The molecule has 0 unspecified atom stereocenters.